The summed E-state index contributed by atoms with van der Waals surface area (Å²) in [5.74, 6) is -0.835. The maximum Gasteiger partial charge on any atom is 0.322 e. The molecule has 1 aromatic heterocycles. The van der Waals surface area contributed by atoms with Gasteiger partial charge in [0.15, 0.2) is 0 Å². The van der Waals surface area contributed by atoms with Crippen LogP contribution in [0.15, 0.2) is 57.8 Å². The summed E-state index contributed by atoms with van der Waals surface area (Å²) < 4.78 is 50.7. The summed E-state index contributed by atoms with van der Waals surface area (Å²) in [6.07, 6.45) is 0. The maximum absolute atomic E-state index is 13.0. The van der Waals surface area contributed by atoms with Crippen molar-refractivity contribution in [3.8, 4) is 11.5 Å². The van der Waals surface area contributed by atoms with Gasteiger partial charge in [0.1, 0.15) is 12.5 Å². The number of carbonyl (C=O) groups excluding carboxylic acids is 1. The first-order chi connectivity index (χ1) is 14.7. The molecule has 9 nitrogen and oxygen atoms in total. The molecule has 31 heavy (non-hydrogen) atoms. The minimum Gasteiger partial charge on any atom is -0.403 e. The minimum absolute atomic E-state index is 0.0227. The molecule has 1 fully saturated rings. The second kappa shape index (κ2) is 7.84. The number of hydrogen-bond acceptors (Lipinski definition) is 7. The third kappa shape index (κ3) is 4.20. The van der Waals surface area contributed by atoms with Gasteiger partial charge in [-0.2, -0.15) is 4.31 Å². The third-order valence-corrected chi connectivity index (χ3v) is 6.83. The summed E-state index contributed by atoms with van der Waals surface area (Å²) in [4.78, 5) is 12.5. The van der Waals surface area contributed by atoms with Crippen LogP contribution in [0.4, 0.5) is 10.4 Å². The highest BCUT2D eigenvalue weighted by atomic mass is 32.2. The molecule has 1 saturated heterocycles. The number of sulfonamides is 1. The number of rotatable bonds is 5. The molecule has 162 valence electrons. The second-order valence-electron chi connectivity index (χ2n) is 7.54. The zero-order valence-electron chi connectivity index (χ0n) is 16.7. The van der Waals surface area contributed by atoms with Gasteiger partial charge in [0.2, 0.25) is 15.9 Å². The molecule has 0 aliphatic carbocycles. The molecule has 1 N–H and O–H groups in total. The maximum atomic E-state index is 13.0. The Kier molecular flexibility index (Phi) is 5.33. The highest BCUT2D eigenvalue weighted by molar-refractivity contribution is 7.89. The molecule has 0 atom stereocenters. The zero-order valence-corrected chi connectivity index (χ0v) is 17.5. The molecule has 11 heteroatoms. The van der Waals surface area contributed by atoms with E-state index in [4.69, 9.17) is 9.15 Å². The third-order valence-electron chi connectivity index (χ3n) is 4.78. The number of carbonyl (C=O) groups is 1. The van der Waals surface area contributed by atoms with Gasteiger partial charge in [0, 0.05) is 11.1 Å². The first kappa shape index (κ1) is 21.1. The fraction of sp³-hybridized carbons (Fsp3) is 0.250. The monoisotopic (exact) mass is 446 g/mol. The van der Waals surface area contributed by atoms with E-state index in [1.54, 1.807) is 13.8 Å². The van der Waals surface area contributed by atoms with Crippen LogP contribution >= 0.6 is 0 Å². The first-order valence-corrected chi connectivity index (χ1v) is 10.7. The van der Waals surface area contributed by atoms with Crippen LogP contribution in [-0.2, 0) is 14.8 Å². The van der Waals surface area contributed by atoms with Gasteiger partial charge in [-0.1, -0.05) is 5.10 Å². The average molecular weight is 446 g/mol. The molecule has 1 aliphatic rings. The van der Waals surface area contributed by atoms with Crippen molar-refractivity contribution >= 4 is 21.9 Å². The van der Waals surface area contributed by atoms with Gasteiger partial charge in [0.05, 0.1) is 17.0 Å². The summed E-state index contributed by atoms with van der Waals surface area (Å²) in [6, 6.07) is 10.8. The summed E-state index contributed by atoms with van der Waals surface area (Å²) >= 11 is 0. The van der Waals surface area contributed by atoms with E-state index in [-0.39, 0.29) is 29.1 Å². The SMILES string of the molecule is CC1(C)COCN1S(=O)(=O)c1ccc(C(=O)Nc2nnc(-c3ccc(F)cc3)o2)cc1. The average Bonchev–Trinajstić information content (AvgIpc) is 3.34. The van der Waals surface area contributed by atoms with Crippen molar-refractivity contribution in [2.24, 2.45) is 0 Å². The van der Waals surface area contributed by atoms with Crippen LogP contribution in [0.3, 0.4) is 0 Å². The van der Waals surface area contributed by atoms with Gasteiger partial charge in [-0.05, 0) is 62.4 Å². The van der Waals surface area contributed by atoms with Crippen molar-refractivity contribution in [3.05, 3.63) is 59.9 Å². The molecule has 0 unspecified atom stereocenters. The summed E-state index contributed by atoms with van der Waals surface area (Å²) in [5, 5.41) is 10.0. The molecule has 4 rings (SSSR count). The van der Waals surface area contributed by atoms with Crippen LogP contribution in [0.5, 0.6) is 0 Å². The number of nitrogens with one attached hydrogen (secondary N) is 1. The van der Waals surface area contributed by atoms with Crippen molar-refractivity contribution < 1.29 is 26.8 Å². The molecule has 2 aromatic carbocycles. The normalized spacial score (nSPS) is 16.4. The number of anilines is 1. The smallest absolute Gasteiger partial charge is 0.322 e. The topological polar surface area (TPSA) is 115 Å². The molecular weight excluding hydrogens is 427 g/mol. The number of nitrogens with zero attached hydrogens (tertiary/aromatic N) is 3. The lowest BCUT2D eigenvalue weighted by Crippen LogP contribution is -2.44. The molecule has 0 bridgehead atoms. The Morgan fingerprint density at radius 1 is 1.10 bits per heavy atom. The standard InChI is InChI=1S/C20H19FN4O5S/c1-20(2)11-29-12-25(20)31(27,28)16-9-5-13(6-10-16)17(26)22-19-24-23-18(30-19)14-3-7-15(21)8-4-14/h3-10H,11-12H2,1-2H3,(H,22,24,26). The fourth-order valence-corrected chi connectivity index (χ4v) is 4.73. The number of hydrogen-bond donors (Lipinski definition) is 1. The largest absolute Gasteiger partial charge is 0.403 e. The van der Waals surface area contributed by atoms with Crippen molar-refractivity contribution in [1.29, 1.82) is 0 Å². The molecule has 1 amide bonds. The van der Waals surface area contributed by atoms with Gasteiger partial charge in [-0.3, -0.25) is 10.1 Å². The Bertz CT molecular complexity index is 1210. The minimum atomic E-state index is -3.77. The Morgan fingerprint density at radius 2 is 1.77 bits per heavy atom. The van der Waals surface area contributed by atoms with E-state index in [0.717, 1.165) is 0 Å². The summed E-state index contributed by atoms with van der Waals surface area (Å²) in [6.45, 7) is 3.84. The van der Waals surface area contributed by atoms with Crippen molar-refractivity contribution in [2.45, 2.75) is 24.3 Å². The van der Waals surface area contributed by atoms with Crippen molar-refractivity contribution in [3.63, 3.8) is 0 Å². The van der Waals surface area contributed by atoms with Gasteiger partial charge >= 0.3 is 6.01 Å². The van der Waals surface area contributed by atoms with Crippen molar-refractivity contribution in [2.75, 3.05) is 18.7 Å². The predicted octanol–water partition coefficient (Wildman–Crippen LogP) is 2.89. The Hall–Kier alpha value is -3.15. The fourth-order valence-electron chi connectivity index (χ4n) is 3.08. The van der Waals surface area contributed by atoms with Crippen LogP contribution in [-0.4, -0.2) is 47.7 Å². The van der Waals surface area contributed by atoms with Gasteiger partial charge in [0.25, 0.3) is 5.91 Å². The van der Waals surface area contributed by atoms with Gasteiger partial charge in [-0.15, -0.1) is 5.10 Å². The highest BCUT2D eigenvalue weighted by Crippen LogP contribution is 2.29. The lowest BCUT2D eigenvalue weighted by molar-refractivity contribution is 0.102. The van der Waals surface area contributed by atoms with E-state index < -0.39 is 27.3 Å². The van der Waals surface area contributed by atoms with Gasteiger partial charge in [-0.25, -0.2) is 12.8 Å². The molecule has 2 heterocycles. The highest BCUT2D eigenvalue weighted by Gasteiger charge is 2.42. The summed E-state index contributed by atoms with van der Waals surface area (Å²) in [7, 11) is -3.77. The lowest BCUT2D eigenvalue weighted by atomic mass is 10.1. The molecule has 0 saturated carbocycles. The van der Waals surface area contributed by atoms with Crippen LogP contribution in [0.1, 0.15) is 24.2 Å². The van der Waals surface area contributed by atoms with Crippen LogP contribution in [0.2, 0.25) is 0 Å². The van der Waals surface area contributed by atoms with E-state index >= 15 is 0 Å². The molecule has 0 radical (unpaired) electrons. The zero-order chi connectivity index (χ0) is 22.2. The number of halogens is 1. The molecule has 1 aliphatic heterocycles. The van der Waals surface area contributed by atoms with Crippen LogP contribution in [0.25, 0.3) is 11.5 Å². The van der Waals surface area contributed by atoms with Crippen LogP contribution < -0.4 is 5.32 Å². The van der Waals surface area contributed by atoms with E-state index in [2.05, 4.69) is 15.5 Å². The Labute approximate surface area is 177 Å². The quantitative estimate of drug-likeness (QED) is 0.641. The number of ether oxygens (including phenoxy) is 1. The van der Waals surface area contributed by atoms with Crippen molar-refractivity contribution in [1.82, 2.24) is 14.5 Å². The molecule has 0 spiro atoms. The van der Waals surface area contributed by atoms with Crippen LogP contribution in [0, 0.1) is 5.82 Å². The summed E-state index contributed by atoms with van der Waals surface area (Å²) in [5.41, 5.74) is 0.0462. The Balaban J connectivity index is 1.47. The second-order valence-corrected chi connectivity index (χ2v) is 9.40. The van der Waals surface area contributed by atoms with E-state index in [9.17, 15) is 17.6 Å². The number of aromatic nitrogens is 2. The molecule has 3 aromatic rings. The van der Waals surface area contributed by atoms with Gasteiger partial charge < -0.3 is 9.15 Å². The lowest BCUT2D eigenvalue weighted by Gasteiger charge is -2.28. The van der Waals surface area contributed by atoms with E-state index in [1.165, 1.54) is 52.8 Å². The first-order valence-electron chi connectivity index (χ1n) is 9.28. The Morgan fingerprint density at radius 3 is 2.39 bits per heavy atom. The number of benzene rings is 2. The van der Waals surface area contributed by atoms with E-state index in [1.807, 2.05) is 0 Å². The molecular formula is C20H19FN4O5S. The number of amides is 1. The predicted molar refractivity (Wildman–Crippen MR) is 108 cm³/mol. The van der Waals surface area contributed by atoms with E-state index in [0.29, 0.717) is 12.2 Å².